The molecule has 0 radical (unpaired) electrons. The summed E-state index contributed by atoms with van der Waals surface area (Å²) in [4.78, 5) is 0. The van der Waals surface area contributed by atoms with Gasteiger partial charge in [-0.2, -0.15) is 0 Å². The third kappa shape index (κ3) is 4.18. The highest BCUT2D eigenvalue weighted by Gasteiger charge is 1.94. The molecular formula is C8H15N5S. The summed E-state index contributed by atoms with van der Waals surface area (Å²) < 4.78 is 1.76. The molecule has 0 aromatic carbocycles. The first-order valence-corrected chi connectivity index (χ1v) is 5.09. The van der Waals surface area contributed by atoms with E-state index in [9.17, 15) is 0 Å². The van der Waals surface area contributed by atoms with Crippen LogP contribution in [0.3, 0.4) is 0 Å². The number of hydrogen-bond donors (Lipinski definition) is 2. The minimum absolute atomic E-state index is 0.701. The number of rotatable bonds is 5. The summed E-state index contributed by atoms with van der Waals surface area (Å²) in [6, 6.07) is 0. The van der Waals surface area contributed by atoms with E-state index in [2.05, 4.69) is 27.9 Å². The van der Waals surface area contributed by atoms with Gasteiger partial charge in [0.05, 0.1) is 12.7 Å². The van der Waals surface area contributed by atoms with E-state index >= 15 is 0 Å². The zero-order valence-corrected chi connectivity index (χ0v) is 9.05. The van der Waals surface area contributed by atoms with Gasteiger partial charge in [-0.1, -0.05) is 12.1 Å². The van der Waals surface area contributed by atoms with Crippen LogP contribution in [0.25, 0.3) is 0 Å². The summed E-state index contributed by atoms with van der Waals surface area (Å²) in [5.74, 6) is 0. The van der Waals surface area contributed by atoms with Crippen LogP contribution in [0, 0.1) is 0 Å². The molecule has 0 unspecified atom stereocenters. The van der Waals surface area contributed by atoms with Crippen molar-refractivity contribution in [2.45, 2.75) is 19.9 Å². The second kappa shape index (κ2) is 6.31. The highest BCUT2D eigenvalue weighted by Crippen LogP contribution is 1.79. The molecule has 0 aliphatic rings. The summed E-state index contributed by atoms with van der Waals surface area (Å²) in [7, 11) is 0. The highest BCUT2D eigenvalue weighted by atomic mass is 32.1. The summed E-state index contributed by atoms with van der Waals surface area (Å²) in [6.45, 7) is 4.55. The van der Waals surface area contributed by atoms with Crippen molar-refractivity contribution in [3.05, 3.63) is 12.4 Å². The average Bonchev–Trinajstić information content (AvgIpc) is 2.67. The third-order valence-corrected chi connectivity index (χ3v) is 1.92. The second-order valence-corrected chi connectivity index (χ2v) is 3.26. The van der Waals surface area contributed by atoms with Crippen molar-refractivity contribution in [2.75, 3.05) is 13.1 Å². The smallest absolute Gasteiger partial charge is 0.166 e. The Bertz CT molecular complexity index is 259. The summed E-state index contributed by atoms with van der Waals surface area (Å²) >= 11 is 5.05. The lowest BCUT2D eigenvalue weighted by atomic mass is 10.5. The molecule has 14 heavy (non-hydrogen) atoms. The van der Waals surface area contributed by atoms with Gasteiger partial charge in [0.1, 0.15) is 0 Å². The van der Waals surface area contributed by atoms with E-state index in [1.165, 1.54) is 0 Å². The summed E-state index contributed by atoms with van der Waals surface area (Å²) in [6.07, 6.45) is 4.56. The molecule has 0 fully saturated rings. The van der Waals surface area contributed by atoms with Crippen LogP contribution in [0.5, 0.6) is 0 Å². The Hall–Kier alpha value is -1.17. The molecule has 1 aromatic rings. The van der Waals surface area contributed by atoms with Crippen LogP contribution in [-0.4, -0.2) is 33.2 Å². The molecule has 0 bridgehead atoms. The molecule has 78 valence electrons. The molecule has 0 saturated heterocycles. The Morgan fingerprint density at radius 2 is 2.21 bits per heavy atom. The van der Waals surface area contributed by atoms with Gasteiger partial charge in [0.15, 0.2) is 5.11 Å². The van der Waals surface area contributed by atoms with Gasteiger partial charge in [0.25, 0.3) is 0 Å². The zero-order chi connectivity index (χ0) is 10.2. The van der Waals surface area contributed by atoms with Gasteiger partial charge >= 0.3 is 0 Å². The van der Waals surface area contributed by atoms with Gasteiger partial charge in [0.2, 0.25) is 0 Å². The van der Waals surface area contributed by atoms with Crippen molar-refractivity contribution in [3.8, 4) is 0 Å². The van der Waals surface area contributed by atoms with Gasteiger partial charge in [-0.05, 0) is 18.6 Å². The fraction of sp³-hybridized carbons (Fsp3) is 0.625. The van der Waals surface area contributed by atoms with Gasteiger partial charge in [-0.15, -0.1) is 5.10 Å². The Labute approximate surface area is 88.9 Å². The first kappa shape index (κ1) is 10.9. The van der Waals surface area contributed by atoms with Gasteiger partial charge in [-0.25, -0.2) is 0 Å². The predicted octanol–water partition coefficient (Wildman–Crippen LogP) is 0.152. The van der Waals surface area contributed by atoms with Crippen LogP contribution in [-0.2, 0) is 6.54 Å². The summed E-state index contributed by atoms with van der Waals surface area (Å²) in [5.41, 5.74) is 0. The minimum atomic E-state index is 0.701. The maximum absolute atomic E-state index is 5.05. The lowest BCUT2D eigenvalue weighted by molar-refractivity contribution is 0.578. The van der Waals surface area contributed by atoms with E-state index in [1.54, 1.807) is 10.9 Å². The van der Waals surface area contributed by atoms with Crippen LogP contribution in [0.2, 0.25) is 0 Å². The molecule has 0 saturated carbocycles. The number of nitrogens with zero attached hydrogens (tertiary/aromatic N) is 3. The average molecular weight is 213 g/mol. The van der Waals surface area contributed by atoms with E-state index < -0.39 is 0 Å². The molecule has 0 spiro atoms. The van der Waals surface area contributed by atoms with Crippen molar-refractivity contribution in [1.82, 2.24) is 25.6 Å². The lowest BCUT2D eigenvalue weighted by Crippen LogP contribution is -2.37. The first-order valence-electron chi connectivity index (χ1n) is 4.68. The fourth-order valence-electron chi connectivity index (χ4n) is 0.937. The standard InChI is InChI=1S/C8H15N5S/c1-2-3-9-8(14)10-4-6-13-7-5-11-12-13/h5,7H,2-4,6H2,1H3,(H2,9,10,14). The molecule has 0 aliphatic heterocycles. The quantitative estimate of drug-likeness (QED) is 0.682. The molecule has 2 N–H and O–H groups in total. The molecule has 6 heteroatoms. The molecule has 1 rings (SSSR count). The minimum Gasteiger partial charge on any atom is -0.363 e. The third-order valence-electron chi connectivity index (χ3n) is 1.63. The molecule has 0 aliphatic carbocycles. The van der Waals surface area contributed by atoms with Gasteiger partial charge in [-0.3, -0.25) is 4.68 Å². The molecular weight excluding hydrogens is 198 g/mol. The van der Waals surface area contributed by atoms with E-state index in [4.69, 9.17) is 12.2 Å². The number of aromatic nitrogens is 3. The summed E-state index contributed by atoms with van der Waals surface area (Å²) in [5, 5.41) is 14.4. The largest absolute Gasteiger partial charge is 0.363 e. The van der Waals surface area contributed by atoms with Crippen molar-refractivity contribution in [2.24, 2.45) is 0 Å². The van der Waals surface area contributed by atoms with Gasteiger partial charge in [0, 0.05) is 19.3 Å². The SMILES string of the molecule is CCCNC(=S)NCCn1ccnn1. The zero-order valence-electron chi connectivity index (χ0n) is 8.23. The Balaban J connectivity index is 2.06. The lowest BCUT2D eigenvalue weighted by Gasteiger charge is -2.08. The number of thiocarbonyl (C=S) groups is 1. The van der Waals surface area contributed by atoms with Crippen LogP contribution in [0.15, 0.2) is 12.4 Å². The fourth-order valence-corrected chi connectivity index (χ4v) is 1.14. The van der Waals surface area contributed by atoms with Crippen molar-refractivity contribution in [3.63, 3.8) is 0 Å². The molecule has 5 nitrogen and oxygen atoms in total. The monoisotopic (exact) mass is 213 g/mol. The number of hydrogen-bond acceptors (Lipinski definition) is 3. The van der Waals surface area contributed by atoms with Crippen molar-refractivity contribution < 1.29 is 0 Å². The van der Waals surface area contributed by atoms with E-state index in [1.807, 2.05) is 6.20 Å². The Morgan fingerprint density at radius 3 is 2.86 bits per heavy atom. The van der Waals surface area contributed by atoms with Crippen LogP contribution in [0.4, 0.5) is 0 Å². The second-order valence-electron chi connectivity index (χ2n) is 2.85. The Kier molecular flexibility index (Phi) is 4.92. The van der Waals surface area contributed by atoms with Gasteiger partial charge < -0.3 is 10.6 Å². The highest BCUT2D eigenvalue weighted by molar-refractivity contribution is 7.80. The van der Waals surface area contributed by atoms with E-state index in [0.717, 1.165) is 26.1 Å². The number of nitrogens with one attached hydrogen (secondary N) is 2. The maximum atomic E-state index is 5.05. The maximum Gasteiger partial charge on any atom is 0.166 e. The Morgan fingerprint density at radius 1 is 1.43 bits per heavy atom. The van der Waals surface area contributed by atoms with E-state index in [-0.39, 0.29) is 0 Å². The topological polar surface area (TPSA) is 54.8 Å². The molecule has 0 amide bonds. The van der Waals surface area contributed by atoms with Crippen LogP contribution < -0.4 is 10.6 Å². The normalized spacial score (nSPS) is 9.79. The van der Waals surface area contributed by atoms with E-state index in [0.29, 0.717) is 5.11 Å². The predicted molar refractivity (Wildman–Crippen MR) is 58.9 cm³/mol. The molecule has 1 aromatic heterocycles. The van der Waals surface area contributed by atoms with Crippen LogP contribution >= 0.6 is 12.2 Å². The van der Waals surface area contributed by atoms with Crippen molar-refractivity contribution >= 4 is 17.3 Å². The van der Waals surface area contributed by atoms with Crippen LogP contribution in [0.1, 0.15) is 13.3 Å². The molecule has 0 atom stereocenters. The molecule has 1 heterocycles. The van der Waals surface area contributed by atoms with Crippen molar-refractivity contribution in [1.29, 1.82) is 0 Å². The first-order chi connectivity index (χ1) is 6.83.